The topological polar surface area (TPSA) is 106 Å². The molecule has 0 unspecified atom stereocenters. The number of ether oxygens (including phenoxy) is 1. The Labute approximate surface area is 272 Å². The summed E-state index contributed by atoms with van der Waals surface area (Å²) >= 11 is 6.44. The number of carbonyl (C=O) groups excluding carboxylic acids is 2. The van der Waals surface area contributed by atoms with Gasteiger partial charge in [0.1, 0.15) is 11.0 Å². The summed E-state index contributed by atoms with van der Waals surface area (Å²) in [7, 11) is -1.95. The molecule has 1 aliphatic rings. The number of anilines is 1. The molecule has 2 aromatic carbocycles. The van der Waals surface area contributed by atoms with Crippen molar-refractivity contribution in [1.29, 1.82) is 0 Å². The summed E-state index contributed by atoms with van der Waals surface area (Å²) in [6.45, 7) is 12.2. The van der Waals surface area contributed by atoms with Crippen LogP contribution < -0.4 is 15.4 Å². The van der Waals surface area contributed by atoms with Gasteiger partial charge in [-0.25, -0.2) is 14.4 Å². The summed E-state index contributed by atoms with van der Waals surface area (Å²) in [4.78, 5) is 36.6. The zero-order valence-electron chi connectivity index (χ0n) is 25.8. The van der Waals surface area contributed by atoms with E-state index in [4.69, 9.17) is 21.4 Å². The van der Waals surface area contributed by atoms with Gasteiger partial charge in [0.25, 0.3) is 5.91 Å². The van der Waals surface area contributed by atoms with Crippen LogP contribution in [0.3, 0.4) is 0 Å². The van der Waals surface area contributed by atoms with E-state index in [-0.39, 0.29) is 46.1 Å². The number of aromatic nitrogens is 2. The minimum absolute atomic E-state index is 0.0169. The van der Waals surface area contributed by atoms with Crippen LogP contribution in [0.25, 0.3) is 10.2 Å². The Kier molecular flexibility index (Phi) is 9.63. The van der Waals surface area contributed by atoms with Crippen molar-refractivity contribution >= 4 is 64.7 Å². The van der Waals surface area contributed by atoms with Crippen LogP contribution in [0.4, 0.5) is 10.1 Å². The van der Waals surface area contributed by atoms with E-state index in [2.05, 4.69) is 54.5 Å². The van der Waals surface area contributed by atoms with Gasteiger partial charge in [0, 0.05) is 24.8 Å². The van der Waals surface area contributed by atoms with Crippen molar-refractivity contribution in [1.82, 2.24) is 20.2 Å². The van der Waals surface area contributed by atoms with Gasteiger partial charge in [0.15, 0.2) is 25.0 Å². The maximum atomic E-state index is 15.1. The van der Waals surface area contributed by atoms with Gasteiger partial charge in [0.2, 0.25) is 11.8 Å². The number of fused-ring (bicyclic) bond motifs is 1. The first-order valence-electron chi connectivity index (χ1n) is 14.6. The van der Waals surface area contributed by atoms with Gasteiger partial charge >= 0.3 is 0 Å². The molecular formula is C32H36FN5O4S2Si. The molecule has 9 nitrogen and oxygen atoms in total. The zero-order chi connectivity index (χ0) is 32.4. The number of carbonyl (C=O) groups is 2. The summed E-state index contributed by atoms with van der Waals surface area (Å²) in [5, 5.41) is 5.55. The van der Waals surface area contributed by atoms with Crippen LogP contribution in [0.15, 0.2) is 60.9 Å². The molecule has 2 aromatic heterocycles. The van der Waals surface area contributed by atoms with E-state index in [0.29, 0.717) is 33.9 Å². The van der Waals surface area contributed by atoms with E-state index in [0.717, 1.165) is 12.0 Å². The fourth-order valence-corrected chi connectivity index (χ4v) is 7.26. The van der Waals surface area contributed by atoms with Gasteiger partial charge in [-0.3, -0.25) is 9.59 Å². The molecule has 1 atom stereocenters. The molecule has 1 fully saturated rings. The number of thiocarbonyl (C=S) groups is 1. The van der Waals surface area contributed by atoms with Crippen molar-refractivity contribution in [3.63, 3.8) is 0 Å². The monoisotopic (exact) mass is 665 g/mol. The highest BCUT2D eigenvalue weighted by molar-refractivity contribution is 7.80. The Bertz CT molecular complexity index is 1730. The van der Waals surface area contributed by atoms with E-state index in [1.165, 1.54) is 29.8 Å². The molecule has 5 rings (SSSR count). The zero-order valence-corrected chi connectivity index (χ0v) is 28.5. The van der Waals surface area contributed by atoms with Crippen molar-refractivity contribution in [3.8, 4) is 11.6 Å². The number of nitrogens with zero attached hydrogens (tertiary/aromatic N) is 3. The molecule has 236 valence electrons. The average molecular weight is 666 g/mol. The smallest absolute Gasteiger partial charge is 0.264 e. The molecule has 0 aliphatic carbocycles. The minimum atomic E-state index is -1.95. The van der Waals surface area contributed by atoms with Crippen LogP contribution >= 0.6 is 23.6 Å². The summed E-state index contributed by atoms with van der Waals surface area (Å²) < 4.78 is 28.0. The first-order valence-corrected chi connectivity index (χ1v) is 18.8. The molecule has 2 amide bonds. The number of amides is 2. The van der Waals surface area contributed by atoms with E-state index < -0.39 is 14.1 Å². The molecule has 4 aromatic rings. The number of benzene rings is 2. The predicted octanol–water partition coefficient (Wildman–Crippen LogP) is 6.91. The predicted molar refractivity (Wildman–Crippen MR) is 181 cm³/mol. The van der Waals surface area contributed by atoms with Crippen LogP contribution in [-0.2, 0) is 15.6 Å². The molecule has 0 saturated carbocycles. The Morgan fingerprint density at radius 2 is 1.89 bits per heavy atom. The molecule has 1 aliphatic heterocycles. The number of likely N-dealkylation sites (tertiary alicyclic amines) is 1. The lowest BCUT2D eigenvalue weighted by atomic mass is 10.1. The third-order valence-corrected chi connectivity index (χ3v) is 13.9. The summed E-state index contributed by atoms with van der Waals surface area (Å²) in [6, 6.07) is 15.2. The number of halogens is 1. The third kappa shape index (κ3) is 7.90. The van der Waals surface area contributed by atoms with Crippen molar-refractivity contribution < 1.29 is 23.1 Å². The van der Waals surface area contributed by atoms with Crippen LogP contribution in [-0.4, -0.2) is 59.3 Å². The Morgan fingerprint density at radius 1 is 1.13 bits per heavy atom. The lowest BCUT2D eigenvalue weighted by Gasteiger charge is -2.38. The second-order valence-electron chi connectivity index (χ2n) is 12.5. The fraction of sp³-hybridized carbons (Fsp3) is 0.344. The average Bonchev–Trinajstić information content (AvgIpc) is 3.61. The first kappa shape index (κ1) is 32.6. The maximum absolute atomic E-state index is 15.1. The van der Waals surface area contributed by atoms with Gasteiger partial charge in [-0.2, -0.15) is 0 Å². The summed E-state index contributed by atoms with van der Waals surface area (Å²) in [5.41, 5.74) is 1.72. The van der Waals surface area contributed by atoms with E-state index in [1.807, 2.05) is 35.2 Å². The lowest BCUT2D eigenvalue weighted by Crippen LogP contribution is -2.44. The second kappa shape index (κ2) is 13.3. The number of nitrogens with one attached hydrogen (secondary N) is 2. The second-order valence-corrected chi connectivity index (χ2v) is 18.7. The number of thiophene rings is 1. The standard InChI is InChI=1S/C32H36FN5O4S2Si/c1-32(2,3)45(4,5)42-22-13-14-38(18-22)30(40)26-17-24-28(44-26)29(35-19-34-24)41-25-12-11-21(16-23(25)33)36-31(43)37-27(39)15-20-9-7-6-8-10-20/h6-12,16-17,19,22H,13-15,18H2,1-5H3,(H2,36,37,39,43)/t22-/m0/s1. The van der Waals surface area contributed by atoms with Gasteiger partial charge in [-0.15, -0.1) is 11.3 Å². The quantitative estimate of drug-likeness (QED) is 0.155. The van der Waals surface area contributed by atoms with Crippen molar-refractivity contribution in [2.24, 2.45) is 0 Å². The van der Waals surface area contributed by atoms with Crippen LogP contribution in [0.5, 0.6) is 11.6 Å². The summed E-state index contributed by atoms with van der Waals surface area (Å²) in [6.07, 6.45) is 2.30. The SMILES string of the molecule is CC(C)(C)[Si](C)(C)O[C@H]1CCN(C(=O)c2cc3ncnc(Oc4ccc(NC(=S)NC(=O)Cc5ccccc5)cc4F)c3s2)C1. The fourth-order valence-electron chi connectivity index (χ4n) is 4.65. The first-order chi connectivity index (χ1) is 21.3. The Morgan fingerprint density at radius 3 is 2.60 bits per heavy atom. The number of rotatable bonds is 8. The highest BCUT2D eigenvalue weighted by Gasteiger charge is 2.41. The van der Waals surface area contributed by atoms with Crippen LogP contribution in [0.1, 0.15) is 42.4 Å². The molecule has 0 bridgehead atoms. The Hall–Kier alpha value is -3.78. The van der Waals surface area contributed by atoms with E-state index >= 15 is 4.39 Å². The molecule has 1 saturated heterocycles. The minimum Gasteiger partial charge on any atom is -0.434 e. The lowest BCUT2D eigenvalue weighted by molar-refractivity contribution is -0.119. The van der Waals surface area contributed by atoms with E-state index in [9.17, 15) is 9.59 Å². The molecule has 13 heteroatoms. The van der Waals surface area contributed by atoms with Crippen molar-refractivity contribution in [2.45, 2.75) is 57.8 Å². The normalized spacial score (nSPS) is 15.2. The van der Waals surface area contributed by atoms with E-state index in [1.54, 1.807) is 12.1 Å². The Balaban J connectivity index is 1.22. The van der Waals surface area contributed by atoms with Crippen LogP contribution in [0.2, 0.25) is 18.1 Å². The molecule has 0 spiro atoms. The largest absolute Gasteiger partial charge is 0.434 e. The highest BCUT2D eigenvalue weighted by Crippen LogP contribution is 2.39. The molecular weight excluding hydrogens is 630 g/mol. The molecule has 45 heavy (non-hydrogen) atoms. The molecule has 2 N–H and O–H groups in total. The third-order valence-electron chi connectivity index (χ3n) is 8.05. The molecule has 0 radical (unpaired) electrons. The van der Waals surface area contributed by atoms with Crippen LogP contribution in [0, 0.1) is 5.82 Å². The van der Waals surface area contributed by atoms with Crippen molar-refractivity contribution in [2.75, 3.05) is 18.4 Å². The number of hydrogen-bond donors (Lipinski definition) is 2. The maximum Gasteiger partial charge on any atom is 0.264 e. The number of hydrogen-bond acceptors (Lipinski definition) is 8. The van der Waals surface area contributed by atoms with Gasteiger partial charge in [0.05, 0.1) is 22.9 Å². The highest BCUT2D eigenvalue weighted by atomic mass is 32.1. The van der Waals surface area contributed by atoms with Gasteiger partial charge in [-0.1, -0.05) is 51.1 Å². The van der Waals surface area contributed by atoms with Crippen molar-refractivity contribution in [3.05, 3.63) is 77.2 Å². The van der Waals surface area contributed by atoms with Gasteiger partial charge < -0.3 is 24.7 Å². The van der Waals surface area contributed by atoms with Gasteiger partial charge in [-0.05, 0) is 60.5 Å². The summed E-state index contributed by atoms with van der Waals surface area (Å²) in [5.74, 6) is -0.967. The molecule has 3 heterocycles.